The zero-order chi connectivity index (χ0) is 12.9. The van der Waals surface area contributed by atoms with E-state index in [0.717, 1.165) is 11.8 Å². The molecule has 20 heavy (non-hydrogen) atoms. The summed E-state index contributed by atoms with van der Waals surface area (Å²) in [7, 11) is 0. The van der Waals surface area contributed by atoms with Crippen molar-refractivity contribution < 1.29 is 0 Å². The standard InChI is InChI=1S/C20H18/c1-3-7-17-15(5-1)16-6-2-4-8-18(16)20-11-13-9-19(17,20)10-14(13)12-20/h1-8,13-14H,9-12H2. The number of hydrogen-bond donors (Lipinski definition) is 0. The maximum Gasteiger partial charge on any atom is 0.00618 e. The first-order valence-corrected chi connectivity index (χ1v) is 8.04. The lowest BCUT2D eigenvalue weighted by Crippen LogP contribution is -2.43. The lowest BCUT2D eigenvalue weighted by atomic mass is 9.55. The third kappa shape index (κ3) is 0.813. The highest BCUT2D eigenvalue weighted by Gasteiger charge is 2.73. The van der Waals surface area contributed by atoms with Gasteiger partial charge in [-0.05, 0) is 59.8 Å². The summed E-state index contributed by atoms with van der Waals surface area (Å²) in [4.78, 5) is 0. The van der Waals surface area contributed by atoms with Crippen LogP contribution in [0.4, 0.5) is 0 Å². The quantitative estimate of drug-likeness (QED) is 0.644. The second-order valence-corrected chi connectivity index (χ2v) is 7.59. The molecule has 4 saturated carbocycles. The van der Waals surface area contributed by atoms with Crippen molar-refractivity contribution in [3.63, 3.8) is 0 Å². The van der Waals surface area contributed by atoms with Crippen molar-refractivity contribution in [2.24, 2.45) is 11.8 Å². The van der Waals surface area contributed by atoms with Gasteiger partial charge in [0.25, 0.3) is 0 Å². The van der Waals surface area contributed by atoms with Crippen LogP contribution >= 0.6 is 0 Å². The Labute approximate surface area is 119 Å². The van der Waals surface area contributed by atoms with Crippen molar-refractivity contribution in [3.8, 4) is 11.1 Å². The Balaban J connectivity index is 1.82. The summed E-state index contributed by atoms with van der Waals surface area (Å²) in [5, 5.41) is 0. The van der Waals surface area contributed by atoms with E-state index < -0.39 is 0 Å². The Hall–Kier alpha value is -1.56. The molecule has 5 aliphatic rings. The molecule has 4 bridgehead atoms. The van der Waals surface area contributed by atoms with Gasteiger partial charge in [0, 0.05) is 10.8 Å². The topological polar surface area (TPSA) is 0 Å². The maximum atomic E-state index is 2.44. The molecule has 7 rings (SSSR count). The van der Waals surface area contributed by atoms with E-state index in [4.69, 9.17) is 0 Å². The van der Waals surface area contributed by atoms with Crippen LogP contribution in [0.5, 0.6) is 0 Å². The van der Waals surface area contributed by atoms with Gasteiger partial charge in [-0.1, -0.05) is 48.5 Å². The SMILES string of the molecule is c1ccc2c(c1)-c1ccccc1C13CC4CC21CC4C3. The Bertz CT molecular complexity index is 677. The molecule has 0 aromatic heterocycles. The lowest BCUT2D eigenvalue weighted by Gasteiger charge is -2.47. The van der Waals surface area contributed by atoms with E-state index in [1.807, 2.05) is 0 Å². The van der Waals surface area contributed by atoms with Crippen molar-refractivity contribution in [3.05, 3.63) is 59.7 Å². The molecule has 0 saturated heterocycles. The lowest BCUT2D eigenvalue weighted by molar-refractivity contribution is 0.299. The van der Waals surface area contributed by atoms with Gasteiger partial charge < -0.3 is 0 Å². The van der Waals surface area contributed by atoms with Crippen molar-refractivity contribution in [1.29, 1.82) is 0 Å². The monoisotopic (exact) mass is 258 g/mol. The minimum Gasteiger partial charge on any atom is -0.0619 e. The summed E-state index contributed by atoms with van der Waals surface area (Å²) >= 11 is 0. The molecule has 4 fully saturated rings. The van der Waals surface area contributed by atoms with Crippen molar-refractivity contribution in [1.82, 2.24) is 0 Å². The van der Waals surface area contributed by atoms with E-state index in [1.165, 1.54) is 36.8 Å². The van der Waals surface area contributed by atoms with Crippen LogP contribution in [0, 0.1) is 11.8 Å². The smallest absolute Gasteiger partial charge is 0.00618 e. The van der Waals surface area contributed by atoms with Gasteiger partial charge in [0.15, 0.2) is 0 Å². The molecule has 0 radical (unpaired) electrons. The van der Waals surface area contributed by atoms with Crippen LogP contribution in [-0.2, 0) is 10.8 Å². The average molecular weight is 258 g/mol. The van der Waals surface area contributed by atoms with E-state index >= 15 is 0 Å². The van der Waals surface area contributed by atoms with Crippen LogP contribution in [0.1, 0.15) is 36.8 Å². The first-order valence-electron chi connectivity index (χ1n) is 8.04. The summed E-state index contributed by atoms with van der Waals surface area (Å²) in [6.07, 6.45) is 5.85. The summed E-state index contributed by atoms with van der Waals surface area (Å²) in [6, 6.07) is 18.6. The summed E-state index contributed by atoms with van der Waals surface area (Å²) in [5.74, 6) is 2.02. The van der Waals surface area contributed by atoms with Gasteiger partial charge in [-0.3, -0.25) is 0 Å². The van der Waals surface area contributed by atoms with E-state index in [1.54, 1.807) is 11.1 Å². The average Bonchev–Trinajstić information content (AvgIpc) is 3.19. The van der Waals surface area contributed by atoms with Crippen molar-refractivity contribution in [2.45, 2.75) is 36.5 Å². The van der Waals surface area contributed by atoms with Gasteiger partial charge in [0.05, 0.1) is 0 Å². The molecule has 98 valence electrons. The highest BCUT2D eigenvalue weighted by Crippen LogP contribution is 2.79. The molecule has 0 aliphatic heterocycles. The van der Waals surface area contributed by atoms with Crippen LogP contribution in [0.15, 0.2) is 48.5 Å². The number of hydrogen-bond acceptors (Lipinski definition) is 0. The van der Waals surface area contributed by atoms with Gasteiger partial charge in [-0.2, -0.15) is 0 Å². The zero-order valence-electron chi connectivity index (χ0n) is 11.6. The van der Waals surface area contributed by atoms with Crippen LogP contribution in [0.3, 0.4) is 0 Å². The molecular formula is C20H18. The fraction of sp³-hybridized carbons (Fsp3) is 0.400. The molecule has 0 unspecified atom stereocenters. The number of benzene rings is 2. The molecule has 0 N–H and O–H groups in total. The van der Waals surface area contributed by atoms with Crippen molar-refractivity contribution in [2.75, 3.05) is 0 Å². The number of rotatable bonds is 0. The van der Waals surface area contributed by atoms with Gasteiger partial charge in [-0.25, -0.2) is 0 Å². The van der Waals surface area contributed by atoms with Crippen LogP contribution in [0.2, 0.25) is 0 Å². The van der Waals surface area contributed by atoms with Gasteiger partial charge in [-0.15, -0.1) is 0 Å². The zero-order valence-corrected chi connectivity index (χ0v) is 11.6. The molecule has 2 aromatic carbocycles. The molecule has 0 atom stereocenters. The largest absolute Gasteiger partial charge is 0.0619 e. The first kappa shape index (κ1) is 10.2. The van der Waals surface area contributed by atoms with E-state index in [2.05, 4.69) is 48.5 Å². The van der Waals surface area contributed by atoms with Crippen molar-refractivity contribution >= 4 is 0 Å². The second kappa shape index (κ2) is 2.88. The van der Waals surface area contributed by atoms with Crippen LogP contribution in [-0.4, -0.2) is 0 Å². The third-order valence-electron chi connectivity index (χ3n) is 7.20. The van der Waals surface area contributed by atoms with E-state index in [0.29, 0.717) is 10.8 Å². The molecule has 0 amide bonds. The van der Waals surface area contributed by atoms with E-state index in [9.17, 15) is 0 Å². The summed E-state index contributed by atoms with van der Waals surface area (Å²) in [6.45, 7) is 0. The Morgan fingerprint density at radius 1 is 0.600 bits per heavy atom. The minimum absolute atomic E-state index is 0.493. The van der Waals surface area contributed by atoms with Gasteiger partial charge in [0.2, 0.25) is 0 Å². The maximum absolute atomic E-state index is 2.44. The Kier molecular flexibility index (Phi) is 1.47. The predicted octanol–water partition coefficient (Wildman–Crippen LogP) is 4.68. The van der Waals surface area contributed by atoms with Crippen LogP contribution in [0.25, 0.3) is 11.1 Å². The molecular weight excluding hydrogens is 240 g/mol. The van der Waals surface area contributed by atoms with E-state index in [-0.39, 0.29) is 0 Å². The molecule has 5 aliphatic carbocycles. The summed E-state index contributed by atoms with van der Waals surface area (Å²) < 4.78 is 0. The van der Waals surface area contributed by atoms with Gasteiger partial charge >= 0.3 is 0 Å². The fourth-order valence-corrected chi connectivity index (χ4v) is 6.78. The summed E-state index contributed by atoms with van der Waals surface area (Å²) in [5.41, 5.74) is 7.41. The Morgan fingerprint density at radius 2 is 1.00 bits per heavy atom. The highest BCUT2D eigenvalue weighted by atomic mass is 14.8. The normalized spacial score (nSPS) is 41.6. The molecule has 0 heteroatoms. The van der Waals surface area contributed by atoms with Gasteiger partial charge in [0.1, 0.15) is 0 Å². The predicted molar refractivity (Wildman–Crippen MR) is 80.7 cm³/mol. The first-order chi connectivity index (χ1) is 9.84. The minimum atomic E-state index is 0.493. The molecule has 0 nitrogen and oxygen atoms in total. The second-order valence-electron chi connectivity index (χ2n) is 7.59. The highest BCUT2D eigenvalue weighted by molar-refractivity contribution is 5.79. The molecule has 0 heterocycles. The fourth-order valence-electron chi connectivity index (χ4n) is 6.78. The van der Waals surface area contributed by atoms with Crippen LogP contribution < -0.4 is 0 Å². The molecule has 2 spiro atoms. The third-order valence-corrected chi connectivity index (χ3v) is 7.20. The molecule has 2 aromatic rings. The Morgan fingerprint density at radius 3 is 1.45 bits per heavy atom. The number of fused-ring (bicyclic) bond motifs is 3.